The Kier molecular flexibility index (Phi) is 10.9. The molecule has 0 spiro atoms. The first-order valence-corrected chi connectivity index (χ1v) is 10.7. The highest BCUT2D eigenvalue weighted by Gasteiger charge is 2.10. The fraction of sp³-hybridized carbons (Fsp3) is 0.375. The average Bonchev–Trinajstić information content (AvgIpc) is 3.18. The predicted molar refractivity (Wildman–Crippen MR) is 138 cm³/mol. The zero-order chi connectivity index (χ0) is 22.1. The van der Waals surface area contributed by atoms with Crippen LogP contribution in [-0.4, -0.2) is 48.4 Å². The van der Waals surface area contributed by atoms with Gasteiger partial charge in [-0.15, -0.1) is 24.0 Å². The number of aliphatic imine (C=N–C) groups is 1. The number of halogens is 2. The molecule has 6 nitrogen and oxygen atoms in total. The van der Waals surface area contributed by atoms with Crippen molar-refractivity contribution in [1.82, 2.24) is 15.6 Å². The molecule has 0 saturated carbocycles. The van der Waals surface area contributed by atoms with E-state index in [1.165, 1.54) is 12.1 Å². The van der Waals surface area contributed by atoms with Gasteiger partial charge in [-0.1, -0.05) is 30.3 Å². The fourth-order valence-electron chi connectivity index (χ4n) is 3.35. The van der Waals surface area contributed by atoms with E-state index in [1.54, 1.807) is 6.07 Å². The predicted octanol–water partition coefficient (Wildman–Crippen LogP) is 4.16. The molecule has 0 aliphatic rings. The molecule has 0 radical (unpaired) electrons. The normalized spacial score (nSPS) is 13.4. The van der Waals surface area contributed by atoms with Gasteiger partial charge in [-0.25, -0.2) is 4.39 Å². The number of H-pyrrole nitrogens is 1. The van der Waals surface area contributed by atoms with E-state index in [0.717, 1.165) is 35.0 Å². The maximum atomic E-state index is 13.3. The van der Waals surface area contributed by atoms with E-state index in [9.17, 15) is 9.50 Å². The molecule has 2 atom stereocenters. The van der Waals surface area contributed by atoms with Crippen molar-refractivity contribution in [1.29, 1.82) is 0 Å². The van der Waals surface area contributed by atoms with Gasteiger partial charge in [0.25, 0.3) is 0 Å². The molecule has 4 N–H and O–H groups in total. The highest BCUT2D eigenvalue weighted by molar-refractivity contribution is 14.0. The molecule has 0 saturated heterocycles. The van der Waals surface area contributed by atoms with E-state index in [1.807, 2.05) is 50.4 Å². The number of nitrogens with one attached hydrogen (secondary N) is 3. The van der Waals surface area contributed by atoms with Crippen LogP contribution in [0.2, 0.25) is 0 Å². The van der Waals surface area contributed by atoms with Gasteiger partial charge in [0, 0.05) is 30.2 Å². The number of fused-ring (bicyclic) bond motifs is 1. The lowest BCUT2D eigenvalue weighted by Gasteiger charge is -2.16. The largest absolute Gasteiger partial charge is 0.389 e. The van der Waals surface area contributed by atoms with Crippen LogP contribution in [0.5, 0.6) is 0 Å². The van der Waals surface area contributed by atoms with Crippen LogP contribution in [0, 0.1) is 5.82 Å². The molecule has 0 fully saturated rings. The Balaban J connectivity index is 0.00000363. The average molecular weight is 554 g/mol. The molecular weight excluding hydrogens is 522 g/mol. The van der Waals surface area contributed by atoms with Crippen molar-refractivity contribution in [3.05, 3.63) is 71.7 Å². The van der Waals surface area contributed by atoms with Crippen molar-refractivity contribution in [2.24, 2.45) is 4.99 Å². The lowest BCUT2D eigenvalue weighted by Crippen LogP contribution is -2.39. The van der Waals surface area contributed by atoms with Crippen LogP contribution >= 0.6 is 24.0 Å². The molecule has 0 bridgehead atoms. The smallest absolute Gasteiger partial charge is 0.191 e. The molecule has 3 rings (SSSR count). The third-order valence-corrected chi connectivity index (χ3v) is 5.03. The highest BCUT2D eigenvalue weighted by Crippen LogP contribution is 2.19. The molecule has 8 heteroatoms. The minimum Gasteiger partial charge on any atom is -0.389 e. The van der Waals surface area contributed by atoms with Crippen LogP contribution in [0.4, 0.5) is 4.39 Å². The number of aromatic amines is 1. The Labute approximate surface area is 205 Å². The molecule has 2 aromatic carbocycles. The number of nitrogens with zero attached hydrogens (tertiary/aromatic N) is 1. The van der Waals surface area contributed by atoms with Gasteiger partial charge in [-0.3, -0.25) is 4.99 Å². The molecule has 2 unspecified atom stereocenters. The van der Waals surface area contributed by atoms with E-state index in [0.29, 0.717) is 12.5 Å². The van der Waals surface area contributed by atoms with Crippen LogP contribution in [0.25, 0.3) is 10.9 Å². The van der Waals surface area contributed by atoms with Crippen LogP contribution in [0.1, 0.15) is 31.1 Å². The molecule has 3 aromatic rings. The summed E-state index contributed by atoms with van der Waals surface area (Å²) in [4.78, 5) is 7.57. The van der Waals surface area contributed by atoms with E-state index < -0.39 is 6.10 Å². The van der Waals surface area contributed by atoms with Gasteiger partial charge >= 0.3 is 0 Å². The number of aliphatic hydroxyl groups excluding tert-OH is 1. The van der Waals surface area contributed by atoms with E-state index in [4.69, 9.17) is 4.74 Å². The maximum Gasteiger partial charge on any atom is 0.191 e. The first-order chi connectivity index (χ1) is 15.1. The summed E-state index contributed by atoms with van der Waals surface area (Å²) in [7, 11) is 0. The van der Waals surface area contributed by atoms with Crippen LogP contribution in [0.3, 0.4) is 0 Å². The SMILES string of the molecule is CCNC(=NCC(O)COC(C)c1ccccc1)NCCc1c[nH]c2cc(F)ccc12.I. The molecular formula is C24H32FIN4O2. The molecule has 174 valence electrons. The zero-order valence-corrected chi connectivity index (χ0v) is 20.8. The number of rotatable bonds is 10. The van der Waals surface area contributed by atoms with Crippen LogP contribution in [-0.2, 0) is 11.2 Å². The number of hydrogen-bond acceptors (Lipinski definition) is 3. The summed E-state index contributed by atoms with van der Waals surface area (Å²) in [5.41, 5.74) is 2.98. The van der Waals surface area contributed by atoms with Crippen molar-refractivity contribution in [2.45, 2.75) is 32.5 Å². The molecule has 32 heavy (non-hydrogen) atoms. The standard InChI is InChI=1S/C24H31FN4O2.HI/c1-3-26-24(27-12-11-19-14-28-23-13-20(25)9-10-22(19)23)29-15-21(30)16-31-17(2)18-7-5-4-6-8-18;/h4-10,13-14,17,21,28,30H,3,11-12,15-16H2,1-2H3,(H2,26,27,29);1H. The topological polar surface area (TPSA) is 81.7 Å². The van der Waals surface area contributed by atoms with Crippen molar-refractivity contribution >= 4 is 40.8 Å². The Hall–Kier alpha value is -2.17. The zero-order valence-electron chi connectivity index (χ0n) is 18.5. The van der Waals surface area contributed by atoms with Gasteiger partial charge in [0.2, 0.25) is 0 Å². The van der Waals surface area contributed by atoms with Crippen molar-refractivity contribution in [3.8, 4) is 0 Å². The van der Waals surface area contributed by atoms with Gasteiger partial charge in [-0.2, -0.15) is 0 Å². The first kappa shape index (κ1) is 26.1. The molecule has 1 heterocycles. The Morgan fingerprint density at radius 1 is 1.19 bits per heavy atom. The Morgan fingerprint density at radius 2 is 1.97 bits per heavy atom. The Morgan fingerprint density at radius 3 is 2.72 bits per heavy atom. The summed E-state index contributed by atoms with van der Waals surface area (Å²) in [6, 6.07) is 14.7. The molecule has 0 aliphatic carbocycles. The second-order valence-electron chi connectivity index (χ2n) is 7.44. The summed E-state index contributed by atoms with van der Waals surface area (Å²) < 4.78 is 19.1. The lowest BCUT2D eigenvalue weighted by molar-refractivity contribution is 0.00112. The maximum absolute atomic E-state index is 13.3. The third-order valence-electron chi connectivity index (χ3n) is 5.03. The minimum absolute atomic E-state index is 0. The molecule has 0 aliphatic heterocycles. The van der Waals surface area contributed by atoms with Crippen LogP contribution < -0.4 is 10.6 Å². The van der Waals surface area contributed by atoms with E-state index >= 15 is 0 Å². The van der Waals surface area contributed by atoms with Crippen LogP contribution in [0.15, 0.2) is 59.7 Å². The van der Waals surface area contributed by atoms with Crippen molar-refractivity contribution in [3.63, 3.8) is 0 Å². The fourth-order valence-corrected chi connectivity index (χ4v) is 3.35. The lowest BCUT2D eigenvalue weighted by atomic mass is 10.1. The van der Waals surface area contributed by atoms with E-state index in [-0.39, 0.29) is 49.0 Å². The summed E-state index contributed by atoms with van der Waals surface area (Å²) in [6.07, 6.45) is 1.89. The summed E-state index contributed by atoms with van der Waals surface area (Å²) in [5.74, 6) is 0.393. The van der Waals surface area contributed by atoms with Crippen molar-refractivity contribution in [2.75, 3.05) is 26.2 Å². The third kappa shape index (κ3) is 7.75. The summed E-state index contributed by atoms with van der Waals surface area (Å²) in [5, 5.41) is 17.7. The second kappa shape index (κ2) is 13.4. The monoisotopic (exact) mass is 554 g/mol. The number of aromatic nitrogens is 1. The number of ether oxygens (including phenoxy) is 1. The number of aliphatic hydroxyl groups is 1. The van der Waals surface area contributed by atoms with Gasteiger partial charge in [0.05, 0.1) is 25.4 Å². The van der Waals surface area contributed by atoms with Crippen molar-refractivity contribution < 1.29 is 14.2 Å². The second-order valence-corrected chi connectivity index (χ2v) is 7.44. The Bertz CT molecular complexity index is 981. The van der Waals surface area contributed by atoms with E-state index in [2.05, 4.69) is 20.6 Å². The number of guanidine groups is 1. The summed E-state index contributed by atoms with van der Waals surface area (Å²) >= 11 is 0. The van der Waals surface area contributed by atoms with Gasteiger partial charge in [0.15, 0.2) is 5.96 Å². The summed E-state index contributed by atoms with van der Waals surface area (Å²) in [6.45, 7) is 5.79. The quantitative estimate of drug-likeness (QED) is 0.172. The van der Waals surface area contributed by atoms with Gasteiger partial charge < -0.3 is 25.5 Å². The number of hydrogen-bond donors (Lipinski definition) is 4. The molecule has 1 aromatic heterocycles. The number of benzene rings is 2. The molecule has 0 amide bonds. The first-order valence-electron chi connectivity index (χ1n) is 10.7. The van der Waals surface area contributed by atoms with Gasteiger partial charge in [0.1, 0.15) is 5.82 Å². The minimum atomic E-state index is -0.690. The van der Waals surface area contributed by atoms with Gasteiger partial charge in [-0.05, 0) is 49.6 Å². The highest BCUT2D eigenvalue weighted by atomic mass is 127.